The van der Waals surface area contributed by atoms with Crippen molar-refractivity contribution in [2.24, 2.45) is 0 Å². The van der Waals surface area contributed by atoms with Gasteiger partial charge in [-0.3, -0.25) is 9.59 Å². The maximum absolute atomic E-state index is 14.0. The number of ether oxygens (including phenoxy) is 1. The summed E-state index contributed by atoms with van der Waals surface area (Å²) in [5.74, 6) is -0.545. The van der Waals surface area contributed by atoms with E-state index in [1.165, 1.54) is 24.1 Å². The summed E-state index contributed by atoms with van der Waals surface area (Å²) in [5.41, 5.74) is 1.86. The minimum absolute atomic E-state index is 0.0302. The van der Waals surface area contributed by atoms with E-state index in [1.54, 1.807) is 0 Å². The number of methoxy groups -OCH3 is 1. The Bertz CT molecular complexity index is 1270. The van der Waals surface area contributed by atoms with Gasteiger partial charge in [0.05, 0.1) is 30.3 Å². The van der Waals surface area contributed by atoms with Crippen molar-refractivity contribution >= 4 is 5.91 Å². The van der Waals surface area contributed by atoms with Crippen molar-refractivity contribution in [1.29, 1.82) is 0 Å². The largest absolute Gasteiger partial charge is 0.494 e. The quantitative estimate of drug-likeness (QED) is 0.624. The number of nitrogens with zero attached hydrogens (tertiary/aromatic N) is 2. The third-order valence-corrected chi connectivity index (χ3v) is 6.64. The average Bonchev–Trinajstić information content (AvgIpc) is 3.65. The molecule has 3 aromatic rings. The minimum atomic E-state index is -1.54. The third-order valence-electron chi connectivity index (χ3n) is 6.64. The molecule has 33 heavy (non-hydrogen) atoms. The Labute approximate surface area is 189 Å². The molecule has 2 heterocycles. The van der Waals surface area contributed by atoms with Crippen LogP contribution in [0.4, 0.5) is 4.39 Å². The number of fused-ring (bicyclic) bond motifs is 1. The number of halogens is 1. The highest BCUT2D eigenvalue weighted by atomic mass is 19.1. The molecule has 0 radical (unpaired) electrons. The van der Waals surface area contributed by atoms with E-state index < -0.39 is 17.8 Å². The summed E-state index contributed by atoms with van der Waals surface area (Å²) in [6.07, 6.45) is 0.722. The first-order chi connectivity index (χ1) is 15.9. The van der Waals surface area contributed by atoms with E-state index in [0.717, 1.165) is 24.5 Å². The highest BCUT2D eigenvalue weighted by Gasteiger charge is 2.48. The molecule has 1 aliphatic carbocycles. The number of nitrogens with one attached hydrogen (secondary N) is 1. The molecule has 0 spiro atoms. The van der Waals surface area contributed by atoms with Gasteiger partial charge in [0.2, 0.25) is 0 Å². The van der Waals surface area contributed by atoms with Gasteiger partial charge in [0.15, 0.2) is 17.7 Å². The monoisotopic (exact) mass is 449 g/mol. The Morgan fingerprint density at radius 3 is 2.67 bits per heavy atom. The minimum Gasteiger partial charge on any atom is -0.494 e. The zero-order valence-electron chi connectivity index (χ0n) is 18.2. The molecule has 1 aliphatic heterocycles. The maximum atomic E-state index is 14.0. The summed E-state index contributed by atoms with van der Waals surface area (Å²) in [6, 6.07) is 13.9. The first-order valence-electron chi connectivity index (χ1n) is 10.9. The van der Waals surface area contributed by atoms with Crippen molar-refractivity contribution < 1.29 is 19.0 Å². The van der Waals surface area contributed by atoms with Gasteiger partial charge >= 0.3 is 0 Å². The van der Waals surface area contributed by atoms with Gasteiger partial charge in [0, 0.05) is 13.0 Å². The molecule has 2 N–H and O–H groups in total. The number of aromatic nitrogens is 2. The average molecular weight is 449 g/mol. The Balaban J connectivity index is 1.38. The number of hydrogen-bond acceptors (Lipinski definition) is 5. The van der Waals surface area contributed by atoms with Gasteiger partial charge in [-0.15, -0.1) is 0 Å². The van der Waals surface area contributed by atoms with Crippen LogP contribution in [-0.4, -0.2) is 39.5 Å². The van der Waals surface area contributed by atoms with E-state index in [2.05, 4.69) is 17.1 Å². The lowest BCUT2D eigenvalue weighted by atomic mass is 9.94. The number of rotatable bonds is 5. The summed E-state index contributed by atoms with van der Waals surface area (Å²) in [4.78, 5) is 35.0. The molecule has 2 aromatic carbocycles. The standard InChI is InChI=1S/C25H24FN3O4/c1-33-20-8-7-15(13-18(20)26)21(30)23(32)29-12-9-19-17(14-29)22(31)28-24(27-19)25(10-11-25)16-5-3-2-4-6-16/h2-8,13,21,30H,9-12,14H2,1H3,(H,27,28,31). The van der Waals surface area contributed by atoms with Crippen LogP contribution in [0.2, 0.25) is 0 Å². The third kappa shape index (κ3) is 3.70. The first kappa shape index (κ1) is 21.3. The number of benzene rings is 2. The molecule has 8 heteroatoms. The zero-order valence-corrected chi connectivity index (χ0v) is 18.2. The van der Waals surface area contributed by atoms with Crippen LogP contribution in [0.25, 0.3) is 0 Å². The smallest absolute Gasteiger partial charge is 0.256 e. The van der Waals surface area contributed by atoms with E-state index in [4.69, 9.17) is 9.72 Å². The number of H-pyrrole nitrogens is 1. The second kappa shape index (κ2) is 8.12. The van der Waals surface area contributed by atoms with Gasteiger partial charge < -0.3 is 19.7 Å². The van der Waals surface area contributed by atoms with Gasteiger partial charge in [0.25, 0.3) is 11.5 Å². The zero-order chi connectivity index (χ0) is 23.2. The Morgan fingerprint density at radius 2 is 2.00 bits per heavy atom. The van der Waals surface area contributed by atoms with E-state index >= 15 is 0 Å². The van der Waals surface area contributed by atoms with Gasteiger partial charge in [-0.25, -0.2) is 9.37 Å². The summed E-state index contributed by atoms with van der Waals surface area (Å²) in [6.45, 7) is 0.362. The molecule has 1 fully saturated rings. The molecular weight excluding hydrogens is 425 g/mol. The van der Waals surface area contributed by atoms with Crippen LogP contribution in [0, 0.1) is 5.82 Å². The van der Waals surface area contributed by atoms with Crippen molar-refractivity contribution in [2.45, 2.75) is 37.3 Å². The van der Waals surface area contributed by atoms with Crippen molar-refractivity contribution in [2.75, 3.05) is 13.7 Å². The van der Waals surface area contributed by atoms with Gasteiger partial charge in [0.1, 0.15) is 5.82 Å². The molecule has 7 nitrogen and oxygen atoms in total. The predicted octanol–water partition coefficient (Wildman–Crippen LogP) is 2.62. The van der Waals surface area contributed by atoms with Crippen LogP contribution in [0.1, 0.15) is 47.2 Å². The Hall–Kier alpha value is -3.52. The molecule has 1 amide bonds. The topological polar surface area (TPSA) is 95.5 Å². The molecule has 1 saturated carbocycles. The number of amides is 1. The highest BCUT2D eigenvalue weighted by Crippen LogP contribution is 2.51. The maximum Gasteiger partial charge on any atom is 0.256 e. The Kier molecular flexibility index (Phi) is 5.25. The van der Waals surface area contributed by atoms with Crippen molar-refractivity contribution in [3.63, 3.8) is 0 Å². The molecule has 0 bridgehead atoms. The number of aliphatic hydroxyl groups is 1. The number of aliphatic hydroxyl groups excluding tert-OH is 1. The molecule has 1 unspecified atom stereocenters. The molecular formula is C25H24FN3O4. The fraction of sp³-hybridized carbons (Fsp3) is 0.320. The van der Waals surface area contributed by atoms with E-state index in [9.17, 15) is 19.1 Å². The molecule has 1 atom stereocenters. The molecule has 170 valence electrons. The van der Waals surface area contributed by atoms with Crippen LogP contribution >= 0.6 is 0 Å². The molecule has 0 saturated heterocycles. The summed E-state index contributed by atoms with van der Waals surface area (Å²) >= 11 is 0. The van der Waals surface area contributed by atoms with E-state index in [1.807, 2.05) is 18.2 Å². The first-order valence-corrected chi connectivity index (χ1v) is 10.9. The van der Waals surface area contributed by atoms with Crippen LogP contribution in [0.15, 0.2) is 53.3 Å². The predicted molar refractivity (Wildman–Crippen MR) is 118 cm³/mol. The Morgan fingerprint density at radius 1 is 1.24 bits per heavy atom. The van der Waals surface area contributed by atoms with Crippen LogP contribution in [0.3, 0.4) is 0 Å². The lowest BCUT2D eigenvalue weighted by Crippen LogP contribution is -2.42. The second-order valence-corrected chi connectivity index (χ2v) is 8.59. The van der Waals surface area contributed by atoms with Crippen LogP contribution < -0.4 is 10.3 Å². The fourth-order valence-corrected chi connectivity index (χ4v) is 4.55. The highest BCUT2D eigenvalue weighted by molar-refractivity contribution is 5.82. The van der Waals surface area contributed by atoms with E-state index in [0.29, 0.717) is 30.0 Å². The number of hydrogen-bond donors (Lipinski definition) is 2. The lowest BCUT2D eigenvalue weighted by molar-refractivity contribution is -0.141. The van der Waals surface area contributed by atoms with Gasteiger partial charge in [-0.1, -0.05) is 36.4 Å². The van der Waals surface area contributed by atoms with Crippen LogP contribution in [0.5, 0.6) is 5.75 Å². The van der Waals surface area contributed by atoms with Gasteiger partial charge in [-0.2, -0.15) is 0 Å². The van der Waals surface area contributed by atoms with E-state index in [-0.39, 0.29) is 28.8 Å². The summed E-state index contributed by atoms with van der Waals surface area (Å²) < 4.78 is 18.9. The summed E-state index contributed by atoms with van der Waals surface area (Å²) in [5, 5.41) is 10.5. The normalized spacial score (nSPS) is 17.2. The lowest BCUT2D eigenvalue weighted by Gasteiger charge is -2.30. The SMILES string of the molecule is COc1ccc(C(O)C(=O)N2CCc3nc(C4(c5ccccc5)CC4)[nH]c(=O)c3C2)cc1F. The van der Waals surface area contributed by atoms with Crippen LogP contribution in [-0.2, 0) is 23.2 Å². The fourth-order valence-electron chi connectivity index (χ4n) is 4.55. The number of aromatic amines is 1. The molecule has 5 rings (SSSR count). The summed E-state index contributed by atoms with van der Waals surface area (Å²) in [7, 11) is 1.34. The number of carbonyl (C=O) groups is 1. The van der Waals surface area contributed by atoms with Crippen molar-refractivity contribution in [3.05, 3.63) is 92.9 Å². The van der Waals surface area contributed by atoms with Crippen molar-refractivity contribution in [3.8, 4) is 5.75 Å². The number of carbonyl (C=O) groups excluding carboxylic acids is 1. The molecule has 1 aromatic heterocycles. The molecule has 2 aliphatic rings. The van der Waals surface area contributed by atoms with Crippen molar-refractivity contribution in [1.82, 2.24) is 14.9 Å². The van der Waals surface area contributed by atoms with Gasteiger partial charge in [-0.05, 0) is 36.1 Å². The second-order valence-electron chi connectivity index (χ2n) is 8.59.